The van der Waals surface area contributed by atoms with Gasteiger partial charge in [-0.3, -0.25) is 0 Å². The number of aromatic amines is 1. The Morgan fingerprint density at radius 1 is 1.38 bits per heavy atom. The molecule has 6 nitrogen and oxygen atoms in total. The van der Waals surface area contributed by atoms with Gasteiger partial charge in [-0.05, 0) is 32.0 Å². The Kier molecular flexibility index (Phi) is 5.32. The van der Waals surface area contributed by atoms with Crippen molar-refractivity contribution in [3.8, 4) is 5.75 Å². The molecule has 1 aromatic carbocycles. The van der Waals surface area contributed by atoms with E-state index in [1.165, 1.54) is 12.3 Å². The van der Waals surface area contributed by atoms with Crippen LogP contribution in [0.5, 0.6) is 5.75 Å². The van der Waals surface area contributed by atoms with E-state index in [1.54, 1.807) is 20.0 Å². The Labute approximate surface area is 136 Å². The smallest absolute Gasteiger partial charge is 0.418 e. The Hall–Kier alpha value is -2.71. The maximum absolute atomic E-state index is 13.2. The van der Waals surface area contributed by atoms with E-state index >= 15 is 0 Å². The van der Waals surface area contributed by atoms with Crippen LogP contribution in [0.2, 0.25) is 0 Å². The molecule has 0 atom stereocenters. The SMILES string of the molecule is CC(C)Oc1ccc(NC(=O)NCc2ncc[nH]2)c(C(F)(F)F)c1. The molecular weight excluding hydrogens is 325 g/mol. The second-order valence-corrected chi connectivity index (χ2v) is 5.22. The molecule has 130 valence electrons. The van der Waals surface area contributed by atoms with E-state index in [2.05, 4.69) is 20.6 Å². The Balaban J connectivity index is 2.11. The Morgan fingerprint density at radius 2 is 2.12 bits per heavy atom. The number of amides is 2. The highest BCUT2D eigenvalue weighted by Crippen LogP contribution is 2.37. The molecule has 1 heterocycles. The molecule has 0 saturated carbocycles. The number of ether oxygens (including phenoxy) is 1. The van der Waals surface area contributed by atoms with Gasteiger partial charge in [0.25, 0.3) is 0 Å². The van der Waals surface area contributed by atoms with Crippen LogP contribution in [0, 0.1) is 0 Å². The number of urea groups is 1. The standard InChI is InChI=1S/C15H17F3N4O2/c1-9(2)24-10-3-4-12(11(7-10)15(16,17)18)22-14(23)21-8-13-19-5-6-20-13/h3-7,9H,8H2,1-2H3,(H,19,20)(H2,21,22,23). The van der Waals surface area contributed by atoms with E-state index in [0.29, 0.717) is 5.82 Å². The molecule has 24 heavy (non-hydrogen) atoms. The number of imidazole rings is 1. The molecule has 2 amide bonds. The lowest BCUT2D eigenvalue weighted by molar-refractivity contribution is -0.137. The number of halogens is 3. The zero-order valence-corrected chi connectivity index (χ0v) is 13.1. The number of nitrogens with zero attached hydrogens (tertiary/aromatic N) is 1. The summed E-state index contributed by atoms with van der Waals surface area (Å²) in [6.45, 7) is 3.48. The molecule has 0 aliphatic carbocycles. The van der Waals surface area contributed by atoms with E-state index in [1.807, 2.05) is 0 Å². The summed E-state index contributed by atoms with van der Waals surface area (Å²) in [5.41, 5.74) is -1.33. The summed E-state index contributed by atoms with van der Waals surface area (Å²) in [5.74, 6) is 0.570. The predicted octanol–water partition coefficient (Wildman–Crippen LogP) is 3.54. The maximum atomic E-state index is 13.2. The summed E-state index contributed by atoms with van der Waals surface area (Å²) in [4.78, 5) is 18.5. The van der Waals surface area contributed by atoms with Gasteiger partial charge in [0.2, 0.25) is 0 Å². The highest BCUT2D eigenvalue weighted by atomic mass is 19.4. The minimum absolute atomic E-state index is 0.0642. The van der Waals surface area contributed by atoms with E-state index in [9.17, 15) is 18.0 Å². The molecule has 0 fully saturated rings. The van der Waals surface area contributed by atoms with Crippen LogP contribution >= 0.6 is 0 Å². The molecule has 2 rings (SSSR count). The van der Waals surface area contributed by atoms with Gasteiger partial charge in [-0.15, -0.1) is 0 Å². The van der Waals surface area contributed by atoms with Crippen molar-refractivity contribution in [2.24, 2.45) is 0 Å². The molecule has 9 heteroatoms. The Morgan fingerprint density at radius 3 is 2.71 bits per heavy atom. The number of benzene rings is 1. The number of carbonyl (C=O) groups is 1. The average molecular weight is 342 g/mol. The fraction of sp³-hybridized carbons (Fsp3) is 0.333. The number of hydrogen-bond donors (Lipinski definition) is 3. The third-order valence-corrected chi connectivity index (χ3v) is 2.89. The third-order valence-electron chi connectivity index (χ3n) is 2.89. The van der Waals surface area contributed by atoms with E-state index in [0.717, 1.165) is 12.1 Å². The second kappa shape index (κ2) is 7.24. The molecule has 0 unspecified atom stereocenters. The molecule has 0 spiro atoms. The fourth-order valence-electron chi connectivity index (χ4n) is 1.94. The first kappa shape index (κ1) is 17.6. The molecular formula is C15H17F3N4O2. The van der Waals surface area contributed by atoms with Crippen molar-refractivity contribution in [3.63, 3.8) is 0 Å². The zero-order valence-electron chi connectivity index (χ0n) is 13.1. The first-order valence-corrected chi connectivity index (χ1v) is 7.16. The van der Waals surface area contributed by atoms with Gasteiger partial charge in [0.05, 0.1) is 23.9 Å². The number of anilines is 1. The third kappa shape index (κ3) is 4.90. The molecule has 3 N–H and O–H groups in total. The van der Waals surface area contributed by atoms with E-state index < -0.39 is 17.8 Å². The molecule has 0 aliphatic heterocycles. The van der Waals surface area contributed by atoms with Gasteiger partial charge in [-0.1, -0.05) is 0 Å². The number of rotatable bonds is 5. The minimum Gasteiger partial charge on any atom is -0.491 e. The van der Waals surface area contributed by atoms with Crippen molar-refractivity contribution in [1.82, 2.24) is 15.3 Å². The number of nitrogens with one attached hydrogen (secondary N) is 3. The van der Waals surface area contributed by atoms with Crippen LogP contribution < -0.4 is 15.4 Å². The van der Waals surface area contributed by atoms with Crippen molar-refractivity contribution >= 4 is 11.7 Å². The number of H-pyrrole nitrogens is 1. The quantitative estimate of drug-likeness (QED) is 0.778. The topological polar surface area (TPSA) is 79.0 Å². The molecule has 0 saturated heterocycles. The van der Waals surface area contributed by atoms with Crippen molar-refractivity contribution in [2.75, 3.05) is 5.32 Å². The monoisotopic (exact) mass is 342 g/mol. The average Bonchev–Trinajstić information content (AvgIpc) is 2.98. The molecule has 0 aliphatic rings. The van der Waals surface area contributed by atoms with Gasteiger partial charge in [0.15, 0.2) is 0 Å². The van der Waals surface area contributed by atoms with Crippen LogP contribution in [-0.4, -0.2) is 22.1 Å². The predicted molar refractivity (Wildman–Crippen MR) is 81.7 cm³/mol. The van der Waals surface area contributed by atoms with Crippen molar-refractivity contribution in [1.29, 1.82) is 0 Å². The minimum atomic E-state index is -4.63. The van der Waals surface area contributed by atoms with Crippen LogP contribution in [-0.2, 0) is 12.7 Å². The highest BCUT2D eigenvalue weighted by molar-refractivity contribution is 5.90. The first-order chi connectivity index (χ1) is 11.3. The summed E-state index contributed by atoms with van der Waals surface area (Å²) in [7, 11) is 0. The van der Waals surface area contributed by atoms with Crippen LogP contribution in [0.3, 0.4) is 0 Å². The van der Waals surface area contributed by atoms with Crippen molar-refractivity contribution in [2.45, 2.75) is 32.7 Å². The largest absolute Gasteiger partial charge is 0.491 e. The van der Waals surface area contributed by atoms with Crippen LogP contribution in [0.25, 0.3) is 0 Å². The lowest BCUT2D eigenvalue weighted by Gasteiger charge is -2.17. The highest BCUT2D eigenvalue weighted by Gasteiger charge is 2.34. The second-order valence-electron chi connectivity index (χ2n) is 5.22. The lowest BCUT2D eigenvalue weighted by atomic mass is 10.1. The zero-order chi connectivity index (χ0) is 17.7. The number of alkyl halides is 3. The van der Waals surface area contributed by atoms with Crippen molar-refractivity contribution in [3.05, 3.63) is 42.0 Å². The molecule has 0 bridgehead atoms. The van der Waals surface area contributed by atoms with Gasteiger partial charge >= 0.3 is 12.2 Å². The van der Waals surface area contributed by atoms with Crippen LogP contribution in [0.4, 0.5) is 23.7 Å². The maximum Gasteiger partial charge on any atom is 0.418 e. The lowest BCUT2D eigenvalue weighted by Crippen LogP contribution is -2.29. The summed E-state index contributed by atoms with van der Waals surface area (Å²) >= 11 is 0. The Bertz CT molecular complexity index is 685. The number of hydrogen-bond acceptors (Lipinski definition) is 3. The summed E-state index contributed by atoms with van der Waals surface area (Å²) in [5, 5.41) is 4.61. The van der Waals surface area contributed by atoms with Gasteiger partial charge in [0, 0.05) is 12.4 Å². The van der Waals surface area contributed by atoms with Gasteiger partial charge < -0.3 is 20.4 Å². The van der Waals surface area contributed by atoms with Gasteiger partial charge in [-0.25, -0.2) is 9.78 Å². The fourth-order valence-corrected chi connectivity index (χ4v) is 1.94. The summed E-state index contributed by atoms with van der Waals surface area (Å²) < 4.78 is 44.8. The summed E-state index contributed by atoms with van der Waals surface area (Å²) in [6.07, 6.45) is -1.81. The van der Waals surface area contributed by atoms with Gasteiger partial charge in [0.1, 0.15) is 11.6 Å². The molecule has 1 aromatic heterocycles. The number of carbonyl (C=O) groups excluding carboxylic acids is 1. The molecule has 2 aromatic rings. The van der Waals surface area contributed by atoms with E-state index in [4.69, 9.17) is 4.74 Å². The first-order valence-electron chi connectivity index (χ1n) is 7.16. The summed E-state index contributed by atoms with van der Waals surface area (Å²) in [6, 6.07) is 2.63. The van der Waals surface area contributed by atoms with Gasteiger partial charge in [-0.2, -0.15) is 13.2 Å². The number of aromatic nitrogens is 2. The van der Waals surface area contributed by atoms with E-state index in [-0.39, 0.29) is 24.1 Å². The van der Waals surface area contributed by atoms with Crippen molar-refractivity contribution < 1.29 is 22.7 Å². The normalized spacial score (nSPS) is 11.4. The van der Waals surface area contributed by atoms with Crippen LogP contribution in [0.15, 0.2) is 30.6 Å². The van der Waals surface area contributed by atoms with Crippen LogP contribution in [0.1, 0.15) is 25.2 Å². The molecule has 0 radical (unpaired) electrons.